The van der Waals surface area contributed by atoms with Crippen molar-refractivity contribution in [2.24, 2.45) is 5.92 Å². The van der Waals surface area contributed by atoms with E-state index in [0.29, 0.717) is 26.2 Å². The smallest absolute Gasteiger partial charge is 0.321 e. The van der Waals surface area contributed by atoms with Gasteiger partial charge in [-0.1, -0.05) is 0 Å². The SMILES string of the molecule is O=C(Nc1ccncc1F)N1CCCN(C(=O)C2CC2)CC1. The van der Waals surface area contributed by atoms with Crippen LogP contribution in [0.5, 0.6) is 0 Å². The number of urea groups is 1. The maximum atomic E-state index is 13.5. The zero-order chi connectivity index (χ0) is 15.5. The van der Waals surface area contributed by atoms with Gasteiger partial charge in [-0.3, -0.25) is 9.78 Å². The van der Waals surface area contributed by atoms with Crippen molar-refractivity contribution in [3.05, 3.63) is 24.3 Å². The number of hydrogen-bond acceptors (Lipinski definition) is 3. The number of nitrogens with zero attached hydrogens (tertiary/aromatic N) is 3. The third-order valence-corrected chi connectivity index (χ3v) is 4.04. The van der Waals surface area contributed by atoms with Gasteiger partial charge in [-0.15, -0.1) is 0 Å². The Kier molecular flexibility index (Phi) is 4.22. The molecule has 1 aliphatic heterocycles. The topological polar surface area (TPSA) is 65.5 Å². The minimum Gasteiger partial charge on any atom is -0.341 e. The quantitative estimate of drug-likeness (QED) is 0.904. The molecule has 1 aromatic heterocycles. The van der Waals surface area contributed by atoms with Gasteiger partial charge in [0.25, 0.3) is 0 Å². The van der Waals surface area contributed by atoms with Gasteiger partial charge in [0.05, 0.1) is 11.9 Å². The van der Waals surface area contributed by atoms with Crippen LogP contribution in [0.25, 0.3) is 0 Å². The van der Waals surface area contributed by atoms with Crippen molar-refractivity contribution in [1.82, 2.24) is 14.8 Å². The molecule has 1 aromatic rings. The van der Waals surface area contributed by atoms with E-state index in [1.165, 1.54) is 12.3 Å². The van der Waals surface area contributed by atoms with E-state index in [1.54, 1.807) is 4.90 Å². The van der Waals surface area contributed by atoms with E-state index in [9.17, 15) is 14.0 Å². The molecule has 2 aliphatic rings. The van der Waals surface area contributed by atoms with Crippen molar-refractivity contribution in [2.75, 3.05) is 31.5 Å². The monoisotopic (exact) mass is 306 g/mol. The summed E-state index contributed by atoms with van der Waals surface area (Å²) in [6.45, 7) is 2.26. The maximum absolute atomic E-state index is 13.5. The number of nitrogens with one attached hydrogen (secondary N) is 1. The average molecular weight is 306 g/mol. The lowest BCUT2D eigenvalue weighted by Gasteiger charge is -2.22. The normalized spacial score (nSPS) is 18.8. The molecule has 0 radical (unpaired) electrons. The van der Waals surface area contributed by atoms with Gasteiger partial charge in [-0.05, 0) is 25.3 Å². The van der Waals surface area contributed by atoms with Gasteiger partial charge in [-0.2, -0.15) is 0 Å². The molecule has 0 spiro atoms. The number of halogens is 1. The molecule has 22 heavy (non-hydrogen) atoms. The van der Waals surface area contributed by atoms with E-state index < -0.39 is 5.82 Å². The number of anilines is 1. The molecule has 2 heterocycles. The molecule has 0 aromatic carbocycles. The Morgan fingerprint density at radius 1 is 1.18 bits per heavy atom. The van der Waals surface area contributed by atoms with E-state index >= 15 is 0 Å². The summed E-state index contributed by atoms with van der Waals surface area (Å²) < 4.78 is 13.5. The van der Waals surface area contributed by atoms with Crippen LogP contribution in [0.15, 0.2) is 18.5 Å². The number of rotatable bonds is 2. The van der Waals surface area contributed by atoms with Gasteiger partial charge in [-0.25, -0.2) is 9.18 Å². The Labute approximate surface area is 128 Å². The van der Waals surface area contributed by atoms with Crippen LogP contribution < -0.4 is 5.32 Å². The van der Waals surface area contributed by atoms with Crippen LogP contribution in [0, 0.1) is 11.7 Å². The minimum absolute atomic E-state index is 0.121. The molecule has 3 rings (SSSR count). The molecule has 2 fully saturated rings. The number of pyridine rings is 1. The summed E-state index contributed by atoms with van der Waals surface area (Å²) in [5.74, 6) is -0.148. The summed E-state index contributed by atoms with van der Waals surface area (Å²) in [7, 11) is 0. The first-order chi connectivity index (χ1) is 10.6. The molecule has 1 aliphatic carbocycles. The van der Waals surface area contributed by atoms with Gasteiger partial charge in [0.2, 0.25) is 5.91 Å². The first kappa shape index (κ1) is 14.7. The Bertz CT molecular complexity index is 576. The van der Waals surface area contributed by atoms with Gasteiger partial charge in [0.1, 0.15) is 0 Å². The van der Waals surface area contributed by atoms with Crippen LogP contribution in [0.1, 0.15) is 19.3 Å². The number of carbonyl (C=O) groups is 2. The largest absolute Gasteiger partial charge is 0.341 e. The Morgan fingerprint density at radius 3 is 2.64 bits per heavy atom. The van der Waals surface area contributed by atoms with Gasteiger partial charge in [0.15, 0.2) is 5.82 Å². The molecule has 7 heteroatoms. The van der Waals surface area contributed by atoms with Gasteiger partial charge in [0, 0.05) is 38.3 Å². The highest BCUT2D eigenvalue weighted by Gasteiger charge is 2.34. The molecule has 3 amide bonds. The third kappa shape index (κ3) is 3.35. The average Bonchev–Trinajstić information content (AvgIpc) is 3.35. The second kappa shape index (κ2) is 6.29. The predicted octanol–water partition coefficient (Wildman–Crippen LogP) is 1.70. The fourth-order valence-electron chi connectivity index (χ4n) is 2.60. The molecular formula is C15H19FN4O2. The second-order valence-corrected chi connectivity index (χ2v) is 5.73. The molecule has 1 saturated carbocycles. The highest BCUT2D eigenvalue weighted by Crippen LogP contribution is 2.31. The van der Waals surface area contributed by atoms with Crippen molar-refractivity contribution in [3.8, 4) is 0 Å². The van der Waals surface area contributed by atoms with Gasteiger partial charge >= 0.3 is 6.03 Å². The first-order valence-corrected chi connectivity index (χ1v) is 7.59. The molecule has 1 N–H and O–H groups in total. The van der Waals surface area contributed by atoms with Crippen LogP contribution in [0.4, 0.5) is 14.9 Å². The van der Waals surface area contributed by atoms with Crippen molar-refractivity contribution < 1.29 is 14.0 Å². The summed E-state index contributed by atoms with van der Waals surface area (Å²) >= 11 is 0. The van der Waals surface area contributed by atoms with Gasteiger partial charge < -0.3 is 15.1 Å². The standard InChI is InChI=1S/C15H19FN4O2/c16-12-10-17-5-4-13(12)18-15(22)20-7-1-6-19(8-9-20)14(21)11-2-3-11/h4-5,10-11H,1-3,6-9H2,(H,17,18,22). The summed E-state index contributed by atoms with van der Waals surface area (Å²) in [4.78, 5) is 31.4. The zero-order valence-electron chi connectivity index (χ0n) is 12.3. The minimum atomic E-state index is -0.559. The Hall–Kier alpha value is -2.18. The lowest BCUT2D eigenvalue weighted by atomic mass is 10.3. The maximum Gasteiger partial charge on any atom is 0.321 e. The lowest BCUT2D eigenvalue weighted by Crippen LogP contribution is -2.39. The fraction of sp³-hybridized carbons (Fsp3) is 0.533. The lowest BCUT2D eigenvalue weighted by molar-refractivity contribution is -0.132. The molecule has 6 nitrogen and oxygen atoms in total. The second-order valence-electron chi connectivity index (χ2n) is 5.73. The Balaban J connectivity index is 1.57. The molecule has 118 valence electrons. The molecular weight excluding hydrogens is 287 g/mol. The first-order valence-electron chi connectivity index (χ1n) is 7.59. The van der Waals surface area contributed by atoms with E-state index in [-0.39, 0.29) is 23.5 Å². The van der Waals surface area contributed by atoms with E-state index in [0.717, 1.165) is 25.5 Å². The fourth-order valence-corrected chi connectivity index (χ4v) is 2.60. The van der Waals surface area contributed by atoms with E-state index in [2.05, 4.69) is 10.3 Å². The van der Waals surface area contributed by atoms with Crippen LogP contribution in [0.2, 0.25) is 0 Å². The van der Waals surface area contributed by atoms with Crippen LogP contribution in [-0.2, 0) is 4.79 Å². The number of carbonyl (C=O) groups excluding carboxylic acids is 2. The van der Waals surface area contributed by atoms with Crippen molar-refractivity contribution >= 4 is 17.6 Å². The number of amides is 3. The highest BCUT2D eigenvalue weighted by molar-refractivity contribution is 5.89. The van der Waals surface area contributed by atoms with E-state index in [1.807, 2.05) is 4.90 Å². The van der Waals surface area contributed by atoms with Crippen LogP contribution in [-0.4, -0.2) is 52.9 Å². The summed E-state index contributed by atoms with van der Waals surface area (Å²) in [5.41, 5.74) is 0.121. The molecule has 1 saturated heterocycles. The van der Waals surface area contributed by atoms with Crippen LogP contribution in [0.3, 0.4) is 0 Å². The van der Waals surface area contributed by atoms with Crippen molar-refractivity contribution in [2.45, 2.75) is 19.3 Å². The van der Waals surface area contributed by atoms with E-state index in [4.69, 9.17) is 0 Å². The molecule has 0 bridgehead atoms. The highest BCUT2D eigenvalue weighted by atomic mass is 19.1. The van der Waals surface area contributed by atoms with Crippen molar-refractivity contribution in [1.29, 1.82) is 0 Å². The molecule has 0 unspecified atom stereocenters. The Morgan fingerprint density at radius 2 is 1.91 bits per heavy atom. The summed E-state index contributed by atoms with van der Waals surface area (Å²) in [5, 5.41) is 2.56. The molecule has 0 atom stereocenters. The summed E-state index contributed by atoms with van der Waals surface area (Å²) in [6.07, 6.45) is 5.21. The number of aromatic nitrogens is 1. The zero-order valence-corrected chi connectivity index (χ0v) is 12.3. The summed E-state index contributed by atoms with van der Waals surface area (Å²) in [6, 6.07) is 1.08. The van der Waals surface area contributed by atoms with Crippen LogP contribution >= 0.6 is 0 Å². The van der Waals surface area contributed by atoms with Crippen molar-refractivity contribution in [3.63, 3.8) is 0 Å². The third-order valence-electron chi connectivity index (χ3n) is 4.04. The number of hydrogen-bond donors (Lipinski definition) is 1. The predicted molar refractivity (Wildman–Crippen MR) is 78.7 cm³/mol.